The van der Waals surface area contributed by atoms with Crippen molar-refractivity contribution in [3.63, 3.8) is 0 Å². The summed E-state index contributed by atoms with van der Waals surface area (Å²) in [6.45, 7) is 5.64. The Morgan fingerprint density at radius 2 is 2.00 bits per heavy atom. The molecule has 0 fully saturated rings. The molecular weight excluding hydrogens is 224 g/mol. The Kier molecular flexibility index (Phi) is 3.29. The zero-order valence-corrected chi connectivity index (χ0v) is 10.2. The summed E-state index contributed by atoms with van der Waals surface area (Å²) in [6, 6.07) is 0. The predicted octanol–water partition coefficient (Wildman–Crippen LogP) is 2.45. The number of hydrogen-bond donors (Lipinski definition) is 0. The van der Waals surface area contributed by atoms with E-state index in [4.69, 9.17) is 11.6 Å². The molecule has 0 bridgehead atoms. The lowest BCUT2D eigenvalue weighted by atomic mass is 10.3. The Morgan fingerprint density at radius 3 is 2.56 bits per heavy atom. The molecule has 0 aliphatic carbocycles. The molecule has 2 aromatic heterocycles. The summed E-state index contributed by atoms with van der Waals surface area (Å²) in [5.74, 6) is 0. The maximum atomic E-state index is 5.98. The molecule has 16 heavy (non-hydrogen) atoms. The molecule has 0 amide bonds. The van der Waals surface area contributed by atoms with E-state index in [0.29, 0.717) is 0 Å². The molecule has 4 nitrogen and oxygen atoms in total. The van der Waals surface area contributed by atoms with Gasteiger partial charge in [-0.15, -0.1) is 11.6 Å². The third-order valence-electron chi connectivity index (χ3n) is 2.47. The first-order valence-electron chi connectivity index (χ1n) is 5.36. The van der Waals surface area contributed by atoms with Gasteiger partial charge in [0.15, 0.2) is 0 Å². The van der Waals surface area contributed by atoms with Crippen LogP contribution in [0.2, 0.25) is 0 Å². The van der Waals surface area contributed by atoms with Gasteiger partial charge in [-0.25, -0.2) is 0 Å². The van der Waals surface area contributed by atoms with Crippen molar-refractivity contribution >= 4 is 11.6 Å². The van der Waals surface area contributed by atoms with E-state index in [2.05, 4.69) is 17.1 Å². The largest absolute Gasteiger partial charge is 0.273 e. The van der Waals surface area contributed by atoms with Crippen molar-refractivity contribution in [3.05, 3.63) is 35.9 Å². The molecule has 0 radical (unpaired) electrons. The molecule has 1 atom stereocenters. The number of hydrogen-bond acceptors (Lipinski definition) is 2. The van der Waals surface area contributed by atoms with Gasteiger partial charge in [-0.3, -0.25) is 9.36 Å². The predicted molar refractivity (Wildman–Crippen MR) is 63.5 cm³/mol. The minimum atomic E-state index is 0.00659. The van der Waals surface area contributed by atoms with Gasteiger partial charge in [-0.1, -0.05) is 0 Å². The SMILES string of the molecule is CCn1cc(Cn2cc(C(C)Cl)cn2)cn1. The van der Waals surface area contributed by atoms with E-state index < -0.39 is 0 Å². The second-order valence-electron chi connectivity index (χ2n) is 3.79. The number of aromatic nitrogens is 4. The number of nitrogens with zero attached hydrogens (tertiary/aromatic N) is 4. The van der Waals surface area contributed by atoms with Crippen LogP contribution in [0.3, 0.4) is 0 Å². The molecule has 5 heteroatoms. The number of halogens is 1. The zero-order valence-electron chi connectivity index (χ0n) is 9.47. The molecule has 0 spiro atoms. The second-order valence-corrected chi connectivity index (χ2v) is 4.45. The van der Waals surface area contributed by atoms with Crippen LogP contribution in [0.1, 0.15) is 30.4 Å². The first kappa shape index (κ1) is 11.2. The molecule has 2 aromatic rings. The van der Waals surface area contributed by atoms with Crippen molar-refractivity contribution in [3.8, 4) is 0 Å². The molecule has 0 saturated heterocycles. The maximum absolute atomic E-state index is 5.98. The lowest BCUT2D eigenvalue weighted by Crippen LogP contribution is -1.99. The van der Waals surface area contributed by atoms with Crippen molar-refractivity contribution in [1.82, 2.24) is 19.6 Å². The highest BCUT2D eigenvalue weighted by Crippen LogP contribution is 2.18. The Balaban J connectivity index is 2.08. The zero-order chi connectivity index (χ0) is 11.5. The van der Waals surface area contributed by atoms with Crippen molar-refractivity contribution in [2.75, 3.05) is 0 Å². The van der Waals surface area contributed by atoms with Crippen LogP contribution in [-0.2, 0) is 13.1 Å². The molecule has 86 valence electrons. The summed E-state index contributed by atoms with van der Waals surface area (Å²) in [5, 5.41) is 8.49. The standard InChI is InChI=1S/C11H15ClN4/c1-3-15-6-10(4-13-15)7-16-8-11(5-14-16)9(2)12/h4-6,8-9H,3,7H2,1-2H3. The summed E-state index contributed by atoms with van der Waals surface area (Å²) in [6.07, 6.45) is 7.68. The number of rotatable bonds is 4. The Bertz CT molecular complexity index is 458. The Hall–Kier alpha value is -1.29. The molecule has 0 aliphatic heterocycles. The molecular formula is C11H15ClN4. The lowest BCUT2D eigenvalue weighted by molar-refractivity contribution is 0.654. The van der Waals surface area contributed by atoms with Gasteiger partial charge in [0.25, 0.3) is 0 Å². The fourth-order valence-corrected chi connectivity index (χ4v) is 1.63. The molecule has 1 unspecified atom stereocenters. The highest BCUT2D eigenvalue weighted by Gasteiger charge is 2.05. The summed E-state index contributed by atoms with van der Waals surface area (Å²) in [5.41, 5.74) is 2.20. The van der Waals surface area contributed by atoms with Gasteiger partial charge < -0.3 is 0 Å². The highest BCUT2D eigenvalue weighted by atomic mass is 35.5. The molecule has 0 aliphatic rings. The summed E-state index contributed by atoms with van der Waals surface area (Å²) in [4.78, 5) is 0. The normalized spacial score (nSPS) is 12.9. The van der Waals surface area contributed by atoms with Crippen LogP contribution in [-0.4, -0.2) is 19.6 Å². The topological polar surface area (TPSA) is 35.6 Å². The first-order valence-corrected chi connectivity index (χ1v) is 5.80. The smallest absolute Gasteiger partial charge is 0.0690 e. The van der Waals surface area contributed by atoms with Gasteiger partial charge >= 0.3 is 0 Å². The van der Waals surface area contributed by atoms with Gasteiger partial charge in [0, 0.05) is 30.1 Å². The molecule has 0 aromatic carbocycles. The van der Waals surface area contributed by atoms with Crippen LogP contribution < -0.4 is 0 Å². The van der Waals surface area contributed by atoms with Gasteiger partial charge in [0.05, 0.1) is 24.3 Å². The average molecular weight is 239 g/mol. The second kappa shape index (κ2) is 4.70. The Morgan fingerprint density at radius 1 is 1.25 bits per heavy atom. The quantitative estimate of drug-likeness (QED) is 0.767. The monoisotopic (exact) mass is 238 g/mol. The van der Waals surface area contributed by atoms with E-state index >= 15 is 0 Å². The van der Waals surface area contributed by atoms with Gasteiger partial charge in [-0.2, -0.15) is 10.2 Å². The molecule has 0 N–H and O–H groups in total. The third kappa shape index (κ3) is 2.44. The fourth-order valence-electron chi connectivity index (χ4n) is 1.52. The van der Waals surface area contributed by atoms with Gasteiger partial charge in [-0.05, 0) is 13.8 Å². The lowest BCUT2D eigenvalue weighted by Gasteiger charge is -1.98. The van der Waals surface area contributed by atoms with E-state index in [1.165, 1.54) is 0 Å². The van der Waals surface area contributed by atoms with Crippen LogP contribution in [0.4, 0.5) is 0 Å². The minimum absolute atomic E-state index is 0.00659. The van der Waals surface area contributed by atoms with Gasteiger partial charge in [0.1, 0.15) is 0 Å². The number of alkyl halides is 1. The minimum Gasteiger partial charge on any atom is -0.273 e. The molecule has 2 rings (SSSR count). The number of aryl methyl sites for hydroxylation is 1. The van der Waals surface area contributed by atoms with E-state index in [1.807, 2.05) is 41.1 Å². The van der Waals surface area contributed by atoms with E-state index in [1.54, 1.807) is 0 Å². The van der Waals surface area contributed by atoms with Crippen LogP contribution in [0.5, 0.6) is 0 Å². The van der Waals surface area contributed by atoms with Crippen molar-refractivity contribution in [2.45, 2.75) is 32.3 Å². The Labute approximate surface area is 99.8 Å². The summed E-state index contributed by atoms with van der Waals surface area (Å²) >= 11 is 5.98. The highest BCUT2D eigenvalue weighted by molar-refractivity contribution is 6.20. The molecule has 0 saturated carbocycles. The first-order chi connectivity index (χ1) is 7.69. The van der Waals surface area contributed by atoms with Crippen LogP contribution in [0.25, 0.3) is 0 Å². The van der Waals surface area contributed by atoms with E-state index in [0.717, 1.165) is 24.2 Å². The van der Waals surface area contributed by atoms with Crippen LogP contribution in [0, 0.1) is 0 Å². The molecule has 2 heterocycles. The average Bonchev–Trinajstić information content (AvgIpc) is 2.87. The summed E-state index contributed by atoms with van der Waals surface area (Å²) < 4.78 is 3.79. The van der Waals surface area contributed by atoms with Crippen LogP contribution >= 0.6 is 11.6 Å². The van der Waals surface area contributed by atoms with Crippen molar-refractivity contribution < 1.29 is 0 Å². The van der Waals surface area contributed by atoms with E-state index in [9.17, 15) is 0 Å². The van der Waals surface area contributed by atoms with Crippen molar-refractivity contribution in [1.29, 1.82) is 0 Å². The van der Waals surface area contributed by atoms with Crippen molar-refractivity contribution in [2.24, 2.45) is 0 Å². The summed E-state index contributed by atoms with van der Waals surface area (Å²) in [7, 11) is 0. The third-order valence-corrected chi connectivity index (χ3v) is 2.72. The van der Waals surface area contributed by atoms with E-state index in [-0.39, 0.29) is 5.38 Å². The van der Waals surface area contributed by atoms with Gasteiger partial charge in [0.2, 0.25) is 0 Å². The fraction of sp³-hybridized carbons (Fsp3) is 0.455. The maximum Gasteiger partial charge on any atom is 0.0690 e. The van der Waals surface area contributed by atoms with Crippen LogP contribution in [0.15, 0.2) is 24.8 Å².